The van der Waals surface area contributed by atoms with Gasteiger partial charge in [-0.15, -0.1) is 0 Å². The maximum Gasteiger partial charge on any atom is 0.222 e. The third kappa shape index (κ3) is 3.63. The molecule has 1 aromatic carbocycles. The van der Waals surface area contributed by atoms with Crippen LogP contribution in [0.2, 0.25) is 0 Å². The van der Waals surface area contributed by atoms with Crippen LogP contribution in [0.4, 0.5) is 14.6 Å². The predicted octanol–water partition coefficient (Wildman–Crippen LogP) is 1.71. The molecule has 7 heteroatoms. The normalized spacial score (nSPS) is 12.4. The highest BCUT2D eigenvalue weighted by atomic mass is 19.1. The smallest absolute Gasteiger partial charge is 0.222 e. The Morgan fingerprint density at radius 2 is 2.00 bits per heavy atom. The Bertz CT molecular complexity index is 601. The first-order chi connectivity index (χ1) is 9.99. The van der Waals surface area contributed by atoms with Crippen LogP contribution in [-0.4, -0.2) is 30.5 Å². The number of likely N-dealkylation sites (N-methyl/N-ethyl adjacent to an activating group) is 1. The van der Waals surface area contributed by atoms with E-state index in [0.717, 1.165) is 0 Å². The van der Waals surface area contributed by atoms with Crippen LogP contribution in [-0.2, 0) is 0 Å². The molecule has 2 aromatic rings. The monoisotopic (exact) mass is 294 g/mol. The molecular formula is C14H16F2N4O. The van der Waals surface area contributed by atoms with Crippen molar-refractivity contribution in [3.63, 3.8) is 0 Å². The highest BCUT2D eigenvalue weighted by Crippen LogP contribution is 2.24. The van der Waals surface area contributed by atoms with Gasteiger partial charge in [-0.3, -0.25) is 0 Å². The Hall–Kier alpha value is -2.28. The number of anilines is 1. The summed E-state index contributed by atoms with van der Waals surface area (Å²) in [6, 6.07) is 3.24. The Labute approximate surface area is 121 Å². The molecular weight excluding hydrogens is 278 g/mol. The number of hydrogen-bond acceptors (Lipinski definition) is 4. The van der Waals surface area contributed by atoms with Crippen LogP contribution < -0.4 is 10.0 Å². The fourth-order valence-electron chi connectivity index (χ4n) is 2.04. The Balaban J connectivity index is 2.20. The number of halogens is 2. The van der Waals surface area contributed by atoms with Crippen molar-refractivity contribution < 1.29 is 13.5 Å². The van der Waals surface area contributed by atoms with E-state index in [4.69, 9.17) is 0 Å². The third-order valence-corrected chi connectivity index (χ3v) is 3.11. The number of hydrogen-bond donors (Lipinski definition) is 1. The van der Waals surface area contributed by atoms with E-state index in [-0.39, 0.29) is 12.1 Å². The number of aromatic nitrogens is 2. The van der Waals surface area contributed by atoms with Crippen LogP contribution in [0.3, 0.4) is 0 Å². The molecule has 0 fully saturated rings. The molecule has 21 heavy (non-hydrogen) atoms. The second-order valence-electron chi connectivity index (χ2n) is 4.80. The quantitative estimate of drug-likeness (QED) is 0.674. The van der Waals surface area contributed by atoms with E-state index in [1.807, 2.05) is 0 Å². The summed E-state index contributed by atoms with van der Waals surface area (Å²) in [7, 11) is 3.45. The van der Waals surface area contributed by atoms with Gasteiger partial charge in [0.1, 0.15) is 11.6 Å². The highest BCUT2D eigenvalue weighted by molar-refractivity contribution is 5.31. The van der Waals surface area contributed by atoms with Crippen LogP contribution in [0.5, 0.6) is 0 Å². The minimum absolute atomic E-state index is 0.0130. The van der Waals surface area contributed by atoms with Gasteiger partial charge in [0.15, 0.2) is 12.0 Å². The van der Waals surface area contributed by atoms with Crippen LogP contribution >= 0.6 is 0 Å². The van der Waals surface area contributed by atoms with E-state index in [1.54, 1.807) is 19.0 Å². The minimum Gasteiger partial charge on any atom is -0.619 e. The molecule has 0 spiro atoms. The van der Waals surface area contributed by atoms with Crippen molar-refractivity contribution in [2.45, 2.75) is 6.04 Å². The van der Waals surface area contributed by atoms with E-state index in [9.17, 15) is 14.0 Å². The van der Waals surface area contributed by atoms with Crippen LogP contribution in [0.15, 0.2) is 36.8 Å². The van der Waals surface area contributed by atoms with Gasteiger partial charge >= 0.3 is 0 Å². The third-order valence-electron chi connectivity index (χ3n) is 3.11. The van der Waals surface area contributed by atoms with Crippen LogP contribution in [0, 0.1) is 16.8 Å². The van der Waals surface area contributed by atoms with Crippen molar-refractivity contribution in [3.05, 3.63) is 59.2 Å². The fourth-order valence-corrected chi connectivity index (χ4v) is 2.04. The average Bonchev–Trinajstić information content (AvgIpc) is 2.41. The second-order valence-corrected chi connectivity index (χ2v) is 4.80. The van der Waals surface area contributed by atoms with Crippen molar-refractivity contribution in [3.8, 4) is 0 Å². The van der Waals surface area contributed by atoms with E-state index in [2.05, 4.69) is 10.3 Å². The standard InChI is InChI=1S/C14H16F2N4O/c1-19(2)12(14-10(15)4-3-5-11(14)16)8-18-13-9-20(21)7-6-17-13/h3-7,9,12H,8H2,1-2H3,(H,17,18). The summed E-state index contributed by atoms with van der Waals surface area (Å²) >= 11 is 0. The summed E-state index contributed by atoms with van der Waals surface area (Å²) in [5.74, 6) is -0.859. The molecule has 112 valence electrons. The van der Waals surface area contributed by atoms with E-state index >= 15 is 0 Å². The van der Waals surface area contributed by atoms with Gasteiger partial charge in [-0.25, -0.2) is 13.8 Å². The SMILES string of the molecule is CN(C)C(CNc1c[n+]([O-])ccn1)c1c(F)cccc1F. The number of nitrogens with one attached hydrogen (secondary N) is 1. The van der Waals surface area contributed by atoms with E-state index < -0.39 is 17.7 Å². The molecule has 1 heterocycles. The molecule has 2 rings (SSSR count). The van der Waals surface area contributed by atoms with Gasteiger partial charge in [0.05, 0.1) is 12.2 Å². The first kappa shape index (κ1) is 15.1. The second kappa shape index (κ2) is 6.45. The van der Waals surface area contributed by atoms with Crippen LogP contribution in [0.25, 0.3) is 0 Å². The van der Waals surface area contributed by atoms with Gasteiger partial charge in [-0.1, -0.05) is 6.07 Å². The summed E-state index contributed by atoms with van der Waals surface area (Å²) in [5, 5.41) is 14.1. The van der Waals surface area contributed by atoms with Crippen molar-refractivity contribution in [1.82, 2.24) is 9.88 Å². The highest BCUT2D eigenvalue weighted by Gasteiger charge is 2.22. The molecule has 0 aliphatic carbocycles. The van der Waals surface area contributed by atoms with Gasteiger partial charge < -0.3 is 15.4 Å². The van der Waals surface area contributed by atoms with Gasteiger partial charge in [0.25, 0.3) is 0 Å². The summed E-state index contributed by atoms with van der Waals surface area (Å²) in [6.45, 7) is 0.210. The van der Waals surface area contributed by atoms with Gasteiger partial charge in [-0.2, -0.15) is 4.73 Å². The van der Waals surface area contributed by atoms with Crippen LogP contribution in [0.1, 0.15) is 11.6 Å². The van der Waals surface area contributed by atoms with E-state index in [1.165, 1.54) is 36.8 Å². The lowest BCUT2D eigenvalue weighted by Gasteiger charge is -2.25. The average molecular weight is 294 g/mol. The molecule has 1 N–H and O–H groups in total. The largest absolute Gasteiger partial charge is 0.619 e. The molecule has 0 aliphatic heterocycles. The molecule has 0 saturated carbocycles. The lowest BCUT2D eigenvalue weighted by molar-refractivity contribution is -0.605. The van der Waals surface area contributed by atoms with Crippen molar-refractivity contribution in [2.24, 2.45) is 0 Å². The zero-order chi connectivity index (χ0) is 15.4. The lowest BCUT2D eigenvalue weighted by atomic mass is 10.0. The summed E-state index contributed by atoms with van der Waals surface area (Å²) in [4.78, 5) is 5.67. The number of rotatable bonds is 5. The zero-order valence-corrected chi connectivity index (χ0v) is 11.8. The molecule has 0 amide bonds. The van der Waals surface area contributed by atoms with E-state index in [0.29, 0.717) is 10.5 Å². The minimum atomic E-state index is -0.601. The molecule has 0 saturated heterocycles. The molecule has 0 radical (unpaired) electrons. The van der Waals surface area contributed by atoms with Crippen molar-refractivity contribution >= 4 is 5.82 Å². The molecule has 1 aromatic heterocycles. The maximum atomic E-state index is 13.9. The van der Waals surface area contributed by atoms with Crippen molar-refractivity contribution in [2.75, 3.05) is 26.0 Å². The first-order valence-corrected chi connectivity index (χ1v) is 6.38. The Morgan fingerprint density at radius 1 is 1.33 bits per heavy atom. The Morgan fingerprint density at radius 3 is 2.57 bits per heavy atom. The zero-order valence-electron chi connectivity index (χ0n) is 11.8. The first-order valence-electron chi connectivity index (χ1n) is 6.38. The summed E-state index contributed by atoms with van der Waals surface area (Å²) < 4.78 is 28.4. The molecule has 0 aliphatic rings. The number of nitrogens with zero attached hydrogens (tertiary/aromatic N) is 3. The fraction of sp³-hybridized carbons (Fsp3) is 0.286. The molecule has 5 nitrogen and oxygen atoms in total. The summed E-state index contributed by atoms with van der Waals surface area (Å²) in [5.41, 5.74) is -0.0130. The van der Waals surface area contributed by atoms with Crippen molar-refractivity contribution in [1.29, 1.82) is 0 Å². The molecule has 1 unspecified atom stereocenters. The Kier molecular flexibility index (Phi) is 4.64. The van der Waals surface area contributed by atoms with Gasteiger partial charge in [-0.05, 0) is 26.2 Å². The predicted molar refractivity (Wildman–Crippen MR) is 74.5 cm³/mol. The molecule has 0 bridgehead atoms. The maximum absolute atomic E-state index is 13.9. The summed E-state index contributed by atoms with van der Waals surface area (Å²) in [6.07, 6.45) is 3.86. The lowest BCUT2D eigenvalue weighted by Crippen LogP contribution is -2.30. The topological polar surface area (TPSA) is 55.1 Å². The molecule has 1 atom stereocenters. The van der Waals surface area contributed by atoms with Gasteiger partial charge in [0.2, 0.25) is 6.20 Å². The number of benzene rings is 1. The van der Waals surface area contributed by atoms with Gasteiger partial charge in [0, 0.05) is 12.1 Å².